The average Bonchev–Trinajstić information content (AvgIpc) is 3.44. The molecule has 0 amide bonds. The van der Waals surface area contributed by atoms with E-state index in [0.29, 0.717) is 19.3 Å². The zero-order chi connectivity index (χ0) is 56.4. The van der Waals surface area contributed by atoms with Crippen molar-refractivity contribution in [3.8, 4) is 0 Å². The molecular weight excluding hydrogens is 961 g/mol. The first kappa shape index (κ1) is 75.4. The third-order valence-corrected chi connectivity index (χ3v) is 15.6. The second-order valence-corrected chi connectivity index (χ2v) is 23.4. The first-order valence-electron chi connectivity index (χ1n) is 34.6. The summed E-state index contributed by atoms with van der Waals surface area (Å²) in [5.41, 5.74) is 0. The van der Waals surface area contributed by atoms with Crippen molar-refractivity contribution in [3.05, 3.63) is 48.6 Å². The zero-order valence-electron chi connectivity index (χ0n) is 52.5. The largest absolute Gasteiger partial charge is 0.462 e. The maximum absolute atomic E-state index is 12.9. The van der Waals surface area contributed by atoms with Gasteiger partial charge in [0.2, 0.25) is 0 Å². The van der Waals surface area contributed by atoms with E-state index < -0.39 is 6.10 Å². The minimum atomic E-state index is -0.781. The predicted octanol–water partition coefficient (Wildman–Crippen LogP) is 23.7. The lowest BCUT2D eigenvalue weighted by Gasteiger charge is -2.18. The first-order valence-corrected chi connectivity index (χ1v) is 34.6. The van der Waals surface area contributed by atoms with Crippen LogP contribution in [0.3, 0.4) is 0 Å². The maximum Gasteiger partial charge on any atom is 0.306 e. The van der Waals surface area contributed by atoms with Gasteiger partial charge in [0.15, 0.2) is 6.10 Å². The number of carbonyl (C=O) groups is 3. The van der Waals surface area contributed by atoms with E-state index in [9.17, 15) is 14.4 Å². The van der Waals surface area contributed by atoms with Crippen molar-refractivity contribution in [2.24, 2.45) is 0 Å². The van der Waals surface area contributed by atoms with Gasteiger partial charge in [0, 0.05) is 19.3 Å². The molecule has 0 N–H and O–H groups in total. The molecule has 0 fully saturated rings. The third kappa shape index (κ3) is 64.2. The molecular formula is C72H132O6. The lowest BCUT2D eigenvalue weighted by molar-refractivity contribution is -0.167. The Kier molecular flexibility index (Phi) is 64.6. The number of allylic oxidation sites excluding steroid dienone is 8. The Morgan fingerprint density at radius 1 is 0.256 bits per heavy atom. The van der Waals surface area contributed by atoms with Crippen LogP contribution in [-0.2, 0) is 28.6 Å². The minimum absolute atomic E-state index is 0.0755. The van der Waals surface area contributed by atoms with Crippen molar-refractivity contribution in [1.29, 1.82) is 0 Å². The van der Waals surface area contributed by atoms with Crippen molar-refractivity contribution in [1.82, 2.24) is 0 Å². The van der Waals surface area contributed by atoms with Crippen LogP contribution in [0.15, 0.2) is 48.6 Å². The summed E-state index contributed by atoms with van der Waals surface area (Å²) in [5, 5.41) is 0. The van der Waals surface area contributed by atoms with E-state index in [1.165, 1.54) is 250 Å². The molecule has 0 saturated carbocycles. The van der Waals surface area contributed by atoms with Crippen molar-refractivity contribution >= 4 is 17.9 Å². The Morgan fingerprint density at radius 2 is 0.462 bits per heavy atom. The molecule has 0 aliphatic carbocycles. The van der Waals surface area contributed by atoms with Gasteiger partial charge >= 0.3 is 17.9 Å². The molecule has 0 aromatic rings. The fourth-order valence-electron chi connectivity index (χ4n) is 10.3. The van der Waals surface area contributed by atoms with Gasteiger partial charge in [-0.3, -0.25) is 14.4 Å². The number of unbranched alkanes of at least 4 members (excludes halogenated alkanes) is 45. The molecule has 0 saturated heterocycles. The van der Waals surface area contributed by atoms with Crippen LogP contribution in [0.4, 0.5) is 0 Å². The van der Waals surface area contributed by atoms with Crippen molar-refractivity contribution in [3.63, 3.8) is 0 Å². The summed E-state index contributed by atoms with van der Waals surface area (Å²) < 4.78 is 17.0. The fraction of sp³-hybridized carbons (Fsp3) is 0.847. The van der Waals surface area contributed by atoms with E-state index >= 15 is 0 Å². The number of hydrogen-bond donors (Lipinski definition) is 0. The van der Waals surface area contributed by atoms with Gasteiger partial charge in [0.1, 0.15) is 13.2 Å². The Morgan fingerprint density at radius 3 is 0.731 bits per heavy atom. The summed E-state index contributed by atoms with van der Waals surface area (Å²) in [4.78, 5) is 38.4. The molecule has 456 valence electrons. The summed E-state index contributed by atoms with van der Waals surface area (Å²) in [5.74, 6) is -0.870. The molecule has 1 unspecified atom stereocenters. The molecule has 1 atom stereocenters. The Labute approximate surface area is 486 Å². The second-order valence-electron chi connectivity index (χ2n) is 23.4. The summed E-state index contributed by atoms with van der Waals surface area (Å²) in [6.07, 6.45) is 84.2. The quantitative estimate of drug-likeness (QED) is 0.0261. The van der Waals surface area contributed by atoms with Crippen LogP contribution >= 0.6 is 0 Å². The number of rotatable bonds is 64. The summed E-state index contributed by atoms with van der Waals surface area (Å²) in [7, 11) is 0. The fourth-order valence-corrected chi connectivity index (χ4v) is 10.3. The smallest absolute Gasteiger partial charge is 0.306 e. The van der Waals surface area contributed by atoms with Crippen LogP contribution in [0.5, 0.6) is 0 Å². The number of ether oxygens (including phenoxy) is 3. The minimum Gasteiger partial charge on any atom is -0.462 e. The van der Waals surface area contributed by atoms with Crippen molar-refractivity contribution in [2.45, 2.75) is 380 Å². The Balaban J connectivity index is 4.26. The van der Waals surface area contributed by atoms with E-state index in [1.807, 2.05) is 0 Å². The number of esters is 3. The molecule has 0 aliphatic heterocycles. The van der Waals surface area contributed by atoms with Gasteiger partial charge in [-0.2, -0.15) is 0 Å². The topological polar surface area (TPSA) is 78.9 Å². The molecule has 6 nitrogen and oxygen atoms in total. The van der Waals surface area contributed by atoms with Gasteiger partial charge in [0.25, 0.3) is 0 Å². The molecule has 0 rings (SSSR count). The van der Waals surface area contributed by atoms with E-state index in [4.69, 9.17) is 14.2 Å². The monoisotopic (exact) mass is 1090 g/mol. The van der Waals surface area contributed by atoms with Crippen LogP contribution < -0.4 is 0 Å². The predicted molar refractivity (Wildman–Crippen MR) is 339 cm³/mol. The second kappa shape index (κ2) is 66.9. The van der Waals surface area contributed by atoms with Gasteiger partial charge in [0.05, 0.1) is 0 Å². The third-order valence-electron chi connectivity index (χ3n) is 15.6. The van der Waals surface area contributed by atoms with Gasteiger partial charge < -0.3 is 14.2 Å². The Bertz CT molecular complexity index is 1350. The highest BCUT2D eigenvalue weighted by atomic mass is 16.6. The van der Waals surface area contributed by atoms with E-state index in [-0.39, 0.29) is 31.1 Å². The molecule has 0 heterocycles. The SMILES string of the molecule is CCCCC/C=C\C/C=C\CCCCCCCCCCCC(=O)OC(COC(=O)CCCCCCC/C=C\C/C=C\CCCCC)COC(=O)CCCCCCCCCCCCCCCCCCCCCCCCCCCC. The standard InChI is InChI=1S/C72H132O6/c1-4-7-10-13-16-19-22-25-28-30-32-33-34-35-36-37-38-40-41-44-47-50-53-56-59-62-65-71(74)77-68-69(67-76-70(73)64-61-58-55-52-49-46-43-27-24-21-18-15-12-9-6-3)78-72(75)66-63-60-57-54-51-48-45-42-39-31-29-26-23-20-17-14-11-8-5-2/h17-18,20-21,26-27,29,43,69H,4-16,19,22-25,28,30-42,44-68H2,1-3H3/b20-17-,21-18-,29-26-,43-27-. The molecule has 0 bridgehead atoms. The van der Waals surface area contributed by atoms with Gasteiger partial charge in [-0.05, 0) is 83.5 Å². The number of hydrogen-bond acceptors (Lipinski definition) is 6. The van der Waals surface area contributed by atoms with E-state index in [0.717, 1.165) is 83.5 Å². The highest BCUT2D eigenvalue weighted by molar-refractivity contribution is 5.71. The average molecular weight is 1090 g/mol. The Hall–Kier alpha value is -2.63. The molecule has 0 radical (unpaired) electrons. The van der Waals surface area contributed by atoms with Gasteiger partial charge in [-0.1, -0.05) is 320 Å². The zero-order valence-corrected chi connectivity index (χ0v) is 52.5. The molecule has 6 heteroatoms. The summed E-state index contributed by atoms with van der Waals surface area (Å²) >= 11 is 0. The molecule has 0 aliphatic rings. The molecule has 0 aromatic carbocycles. The lowest BCUT2D eigenvalue weighted by Crippen LogP contribution is -2.30. The highest BCUT2D eigenvalue weighted by Crippen LogP contribution is 2.18. The molecule has 0 spiro atoms. The molecule has 0 aromatic heterocycles. The maximum atomic E-state index is 12.9. The van der Waals surface area contributed by atoms with E-state index in [1.54, 1.807) is 0 Å². The normalized spacial score (nSPS) is 12.3. The van der Waals surface area contributed by atoms with Crippen LogP contribution in [0, 0.1) is 0 Å². The lowest BCUT2D eigenvalue weighted by atomic mass is 10.0. The van der Waals surface area contributed by atoms with E-state index in [2.05, 4.69) is 69.4 Å². The van der Waals surface area contributed by atoms with Crippen LogP contribution in [0.2, 0.25) is 0 Å². The summed E-state index contributed by atoms with van der Waals surface area (Å²) in [6, 6.07) is 0. The first-order chi connectivity index (χ1) is 38.5. The van der Waals surface area contributed by atoms with Gasteiger partial charge in [-0.15, -0.1) is 0 Å². The van der Waals surface area contributed by atoms with Crippen molar-refractivity contribution in [2.75, 3.05) is 13.2 Å². The van der Waals surface area contributed by atoms with Crippen LogP contribution in [0.25, 0.3) is 0 Å². The van der Waals surface area contributed by atoms with Crippen LogP contribution in [0.1, 0.15) is 374 Å². The number of carbonyl (C=O) groups excluding carboxylic acids is 3. The van der Waals surface area contributed by atoms with Crippen molar-refractivity contribution < 1.29 is 28.6 Å². The van der Waals surface area contributed by atoms with Crippen LogP contribution in [-0.4, -0.2) is 37.2 Å². The molecule has 78 heavy (non-hydrogen) atoms. The summed E-state index contributed by atoms with van der Waals surface area (Å²) in [6.45, 7) is 6.64. The van der Waals surface area contributed by atoms with Gasteiger partial charge in [-0.25, -0.2) is 0 Å². The highest BCUT2D eigenvalue weighted by Gasteiger charge is 2.19.